The molecule has 3 rings (SSSR count). The monoisotopic (exact) mass is 280 g/mol. The molecule has 0 atom stereocenters. The van der Waals surface area contributed by atoms with Crippen molar-refractivity contribution < 1.29 is 9.26 Å². The van der Waals surface area contributed by atoms with E-state index in [9.17, 15) is 0 Å². The average Bonchev–Trinajstić information content (AvgIpc) is 3.03. The second-order valence-electron chi connectivity index (χ2n) is 4.68. The summed E-state index contributed by atoms with van der Waals surface area (Å²) in [5.74, 6) is 1.50. The molecule has 3 aromatic rings. The second kappa shape index (κ2) is 6.24. The molecule has 0 fully saturated rings. The van der Waals surface area contributed by atoms with Gasteiger partial charge in [0.1, 0.15) is 18.1 Å². The number of aromatic nitrogens is 1. The maximum absolute atomic E-state index is 5.75. The molecule has 2 aromatic carbocycles. The Morgan fingerprint density at radius 1 is 1.00 bits per heavy atom. The molecule has 0 amide bonds. The maximum atomic E-state index is 5.75. The highest BCUT2D eigenvalue weighted by molar-refractivity contribution is 5.59. The van der Waals surface area contributed by atoms with E-state index in [0.717, 1.165) is 22.6 Å². The molecule has 0 aliphatic rings. The first-order valence-corrected chi connectivity index (χ1v) is 6.78. The lowest BCUT2D eigenvalue weighted by Gasteiger charge is -2.06. The van der Waals surface area contributed by atoms with E-state index in [4.69, 9.17) is 15.0 Å². The molecule has 0 radical (unpaired) electrons. The minimum atomic E-state index is 0.352. The summed E-state index contributed by atoms with van der Waals surface area (Å²) in [7, 11) is 0. The lowest BCUT2D eigenvalue weighted by Crippen LogP contribution is -1.94. The van der Waals surface area contributed by atoms with Gasteiger partial charge >= 0.3 is 0 Å². The fourth-order valence-corrected chi connectivity index (χ4v) is 2.01. The highest BCUT2D eigenvalue weighted by Crippen LogP contribution is 2.22. The first-order valence-electron chi connectivity index (χ1n) is 6.78. The van der Waals surface area contributed by atoms with Gasteiger partial charge in [0.15, 0.2) is 5.76 Å². The minimum Gasteiger partial charge on any atom is -0.489 e. The normalized spacial score (nSPS) is 10.5. The molecule has 0 aliphatic carbocycles. The summed E-state index contributed by atoms with van der Waals surface area (Å²) in [6.07, 6.45) is 0. The molecule has 0 spiro atoms. The third kappa shape index (κ3) is 3.30. The van der Waals surface area contributed by atoms with Crippen molar-refractivity contribution in [1.29, 1.82) is 0 Å². The van der Waals surface area contributed by atoms with Crippen LogP contribution in [0.15, 0.2) is 65.2 Å². The molecule has 4 nitrogen and oxygen atoms in total. The minimum absolute atomic E-state index is 0.352. The molecule has 1 aromatic heterocycles. The summed E-state index contributed by atoms with van der Waals surface area (Å²) in [4.78, 5) is 0. The Morgan fingerprint density at radius 3 is 2.43 bits per heavy atom. The predicted molar refractivity (Wildman–Crippen MR) is 80.6 cm³/mol. The zero-order chi connectivity index (χ0) is 14.5. The van der Waals surface area contributed by atoms with Crippen LogP contribution in [0, 0.1) is 0 Å². The van der Waals surface area contributed by atoms with Crippen molar-refractivity contribution in [1.82, 2.24) is 5.16 Å². The fraction of sp³-hybridized carbons (Fsp3) is 0.118. The largest absolute Gasteiger partial charge is 0.489 e. The van der Waals surface area contributed by atoms with E-state index in [1.807, 2.05) is 60.7 Å². The molecule has 4 heteroatoms. The van der Waals surface area contributed by atoms with Crippen LogP contribution in [0.25, 0.3) is 11.3 Å². The molecule has 0 aliphatic heterocycles. The zero-order valence-electron chi connectivity index (χ0n) is 11.5. The Morgan fingerprint density at radius 2 is 1.76 bits per heavy atom. The summed E-state index contributed by atoms with van der Waals surface area (Å²) < 4.78 is 10.8. The third-order valence-electron chi connectivity index (χ3n) is 3.16. The van der Waals surface area contributed by atoms with E-state index in [1.54, 1.807) is 0 Å². The molecule has 0 saturated heterocycles. The first-order chi connectivity index (χ1) is 10.3. The smallest absolute Gasteiger partial charge is 0.150 e. The van der Waals surface area contributed by atoms with Gasteiger partial charge in [-0.3, -0.25) is 0 Å². The van der Waals surface area contributed by atoms with Gasteiger partial charge in [-0.05, 0) is 29.8 Å². The maximum Gasteiger partial charge on any atom is 0.150 e. The Hall–Kier alpha value is -2.59. The van der Waals surface area contributed by atoms with Crippen LogP contribution < -0.4 is 10.5 Å². The molecule has 106 valence electrons. The van der Waals surface area contributed by atoms with Crippen LogP contribution in [-0.4, -0.2) is 5.16 Å². The Labute approximate surface area is 123 Å². The van der Waals surface area contributed by atoms with Gasteiger partial charge in [0.2, 0.25) is 0 Å². The number of benzene rings is 2. The van der Waals surface area contributed by atoms with E-state index in [1.165, 1.54) is 0 Å². The van der Waals surface area contributed by atoms with Crippen LogP contribution in [-0.2, 0) is 13.2 Å². The highest BCUT2D eigenvalue weighted by atomic mass is 16.5. The second-order valence-corrected chi connectivity index (χ2v) is 4.68. The first kappa shape index (κ1) is 13.4. The molecule has 1 heterocycles. The van der Waals surface area contributed by atoms with Crippen LogP contribution in [0.4, 0.5) is 0 Å². The lowest BCUT2D eigenvalue weighted by atomic mass is 10.1. The zero-order valence-corrected chi connectivity index (χ0v) is 11.5. The number of hydrogen-bond acceptors (Lipinski definition) is 4. The van der Waals surface area contributed by atoms with Crippen molar-refractivity contribution in [2.75, 3.05) is 0 Å². The summed E-state index contributed by atoms with van der Waals surface area (Å²) in [5.41, 5.74) is 8.41. The van der Waals surface area contributed by atoms with Crippen LogP contribution in [0.5, 0.6) is 5.75 Å². The number of ether oxygens (including phenoxy) is 1. The molecule has 0 bridgehead atoms. The Bertz CT molecular complexity index is 690. The van der Waals surface area contributed by atoms with Crippen molar-refractivity contribution in [3.05, 3.63) is 72.0 Å². The van der Waals surface area contributed by atoms with E-state index < -0.39 is 0 Å². The van der Waals surface area contributed by atoms with Crippen LogP contribution >= 0.6 is 0 Å². The fourth-order valence-electron chi connectivity index (χ4n) is 2.01. The van der Waals surface area contributed by atoms with Gasteiger partial charge < -0.3 is 15.0 Å². The SMILES string of the molecule is NCc1cc(-c2ccc(OCc3ccccc3)cc2)no1. The van der Waals surface area contributed by atoms with Gasteiger partial charge in [-0.2, -0.15) is 0 Å². The van der Waals surface area contributed by atoms with Gasteiger partial charge in [0.05, 0.1) is 6.54 Å². The van der Waals surface area contributed by atoms with Crippen molar-refractivity contribution in [3.63, 3.8) is 0 Å². The molecule has 0 unspecified atom stereocenters. The van der Waals surface area contributed by atoms with Gasteiger partial charge in [0, 0.05) is 11.6 Å². The summed E-state index contributed by atoms with van der Waals surface area (Å²) in [5, 5.41) is 3.98. The van der Waals surface area contributed by atoms with E-state index in [2.05, 4.69) is 5.16 Å². The molecular weight excluding hydrogens is 264 g/mol. The van der Waals surface area contributed by atoms with Crippen molar-refractivity contribution >= 4 is 0 Å². The molecule has 21 heavy (non-hydrogen) atoms. The number of nitrogens with zero attached hydrogens (tertiary/aromatic N) is 1. The average molecular weight is 280 g/mol. The molecule has 0 saturated carbocycles. The molecule has 2 N–H and O–H groups in total. The number of nitrogens with two attached hydrogens (primary N) is 1. The van der Waals surface area contributed by atoms with Crippen molar-refractivity contribution in [2.24, 2.45) is 5.73 Å². The predicted octanol–water partition coefficient (Wildman–Crippen LogP) is 3.38. The van der Waals surface area contributed by atoms with Gasteiger partial charge in [0.25, 0.3) is 0 Å². The third-order valence-corrected chi connectivity index (χ3v) is 3.16. The topological polar surface area (TPSA) is 61.3 Å². The van der Waals surface area contributed by atoms with Crippen LogP contribution in [0.3, 0.4) is 0 Å². The summed E-state index contributed by atoms with van der Waals surface area (Å²) in [6.45, 7) is 0.909. The van der Waals surface area contributed by atoms with Gasteiger partial charge in [-0.25, -0.2) is 0 Å². The van der Waals surface area contributed by atoms with Crippen molar-refractivity contribution in [2.45, 2.75) is 13.2 Å². The van der Waals surface area contributed by atoms with Gasteiger partial charge in [-0.15, -0.1) is 0 Å². The standard InChI is InChI=1S/C17H16N2O2/c18-11-16-10-17(19-21-16)14-6-8-15(9-7-14)20-12-13-4-2-1-3-5-13/h1-10H,11-12,18H2. The quantitative estimate of drug-likeness (QED) is 0.778. The molecular formula is C17H16N2O2. The van der Waals surface area contributed by atoms with Crippen molar-refractivity contribution in [3.8, 4) is 17.0 Å². The number of rotatable bonds is 5. The van der Waals surface area contributed by atoms with E-state index in [0.29, 0.717) is 18.9 Å². The summed E-state index contributed by atoms with van der Waals surface area (Å²) >= 11 is 0. The van der Waals surface area contributed by atoms with Crippen LogP contribution in [0.1, 0.15) is 11.3 Å². The summed E-state index contributed by atoms with van der Waals surface area (Å²) in [6, 6.07) is 19.7. The lowest BCUT2D eigenvalue weighted by molar-refractivity contribution is 0.306. The Kier molecular flexibility index (Phi) is 3.98. The number of hydrogen-bond donors (Lipinski definition) is 1. The van der Waals surface area contributed by atoms with Gasteiger partial charge in [-0.1, -0.05) is 35.5 Å². The van der Waals surface area contributed by atoms with E-state index >= 15 is 0 Å². The van der Waals surface area contributed by atoms with Crippen LogP contribution in [0.2, 0.25) is 0 Å². The highest BCUT2D eigenvalue weighted by Gasteiger charge is 2.05. The Balaban J connectivity index is 1.66. The van der Waals surface area contributed by atoms with E-state index in [-0.39, 0.29) is 0 Å².